The van der Waals surface area contributed by atoms with Crippen molar-refractivity contribution in [2.45, 2.75) is 32.7 Å². The van der Waals surface area contributed by atoms with Crippen molar-refractivity contribution >= 4 is 11.8 Å². The summed E-state index contributed by atoms with van der Waals surface area (Å²) in [5, 5.41) is 2.77. The van der Waals surface area contributed by atoms with E-state index in [0.717, 1.165) is 12.8 Å². The number of nitrogens with one attached hydrogen (secondary N) is 1. The lowest BCUT2D eigenvalue weighted by molar-refractivity contribution is -0.132. The van der Waals surface area contributed by atoms with Gasteiger partial charge in [0, 0.05) is 6.54 Å². The molecule has 0 radical (unpaired) electrons. The molecule has 0 saturated heterocycles. The zero-order valence-electron chi connectivity index (χ0n) is 14.8. The SMILES string of the molecule is C=CC(=O)N(CC)CC(=O)NC(C)c1ccc(OCC2CC2)c(F)c1. The van der Waals surface area contributed by atoms with Crippen LogP contribution in [0.3, 0.4) is 0 Å². The normalized spacial score (nSPS) is 14.5. The summed E-state index contributed by atoms with van der Waals surface area (Å²) in [5.41, 5.74) is 0.641. The van der Waals surface area contributed by atoms with Crippen LogP contribution in [0.4, 0.5) is 4.39 Å². The van der Waals surface area contributed by atoms with Crippen LogP contribution in [0, 0.1) is 11.7 Å². The van der Waals surface area contributed by atoms with Gasteiger partial charge in [-0.15, -0.1) is 0 Å². The van der Waals surface area contributed by atoms with Crippen molar-refractivity contribution in [3.63, 3.8) is 0 Å². The van der Waals surface area contributed by atoms with Crippen molar-refractivity contribution < 1.29 is 18.7 Å². The predicted octanol–water partition coefficient (Wildman–Crippen LogP) is 2.83. The minimum atomic E-state index is -0.434. The van der Waals surface area contributed by atoms with E-state index in [-0.39, 0.29) is 30.2 Å². The minimum Gasteiger partial charge on any atom is -0.490 e. The molecular weight excluding hydrogens is 323 g/mol. The summed E-state index contributed by atoms with van der Waals surface area (Å²) >= 11 is 0. The van der Waals surface area contributed by atoms with Gasteiger partial charge >= 0.3 is 0 Å². The molecular formula is C19H25FN2O3. The maximum atomic E-state index is 14.1. The summed E-state index contributed by atoms with van der Waals surface area (Å²) < 4.78 is 19.6. The third-order valence-electron chi connectivity index (χ3n) is 4.21. The van der Waals surface area contributed by atoms with Gasteiger partial charge in [0.25, 0.3) is 0 Å². The number of benzene rings is 1. The van der Waals surface area contributed by atoms with Crippen molar-refractivity contribution in [1.82, 2.24) is 10.2 Å². The fourth-order valence-corrected chi connectivity index (χ4v) is 2.41. The fourth-order valence-electron chi connectivity index (χ4n) is 2.41. The maximum absolute atomic E-state index is 14.1. The van der Waals surface area contributed by atoms with Crippen molar-refractivity contribution in [3.05, 3.63) is 42.2 Å². The zero-order chi connectivity index (χ0) is 18.4. The molecule has 2 rings (SSSR count). The monoisotopic (exact) mass is 348 g/mol. The van der Waals surface area contributed by atoms with Crippen LogP contribution >= 0.6 is 0 Å². The van der Waals surface area contributed by atoms with Gasteiger partial charge in [0.1, 0.15) is 0 Å². The first-order chi connectivity index (χ1) is 11.9. The van der Waals surface area contributed by atoms with Crippen LogP contribution in [0.5, 0.6) is 5.75 Å². The number of halogens is 1. The number of hydrogen-bond acceptors (Lipinski definition) is 3. The highest BCUT2D eigenvalue weighted by atomic mass is 19.1. The Balaban J connectivity index is 1.91. The number of hydrogen-bond donors (Lipinski definition) is 1. The zero-order valence-corrected chi connectivity index (χ0v) is 14.8. The molecule has 1 unspecified atom stereocenters. The third kappa shape index (κ3) is 5.59. The Hall–Kier alpha value is -2.37. The van der Waals surface area contributed by atoms with Gasteiger partial charge in [0.15, 0.2) is 11.6 Å². The maximum Gasteiger partial charge on any atom is 0.246 e. The molecule has 0 spiro atoms. The minimum absolute atomic E-state index is 0.0588. The lowest BCUT2D eigenvalue weighted by Gasteiger charge is -2.21. The molecule has 1 aromatic rings. The van der Waals surface area contributed by atoms with E-state index < -0.39 is 5.82 Å². The fraction of sp³-hybridized carbons (Fsp3) is 0.474. The van der Waals surface area contributed by atoms with Crippen LogP contribution in [0.1, 0.15) is 38.3 Å². The second-order valence-corrected chi connectivity index (χ2v) is 6.29. The van der Waals surface area contributed by atoms with Crippen LogP contribution in [-0.4, -0.2) is 36.4 Å². The lowest BCUT2D eigenvalue weighted by atomic mass is 10.1. The molecule has 1 atom stereocenters. The molecule has 6 heteroatoms. The molecule has 136 valence electrons. The van der Waals surface area contributed by atoms with Gasteiger partial charge in [0.2, 0.25) is 11.8 Å². The van der Waals surface area contributed by atoms with E-state index in [1.54, 1.807) is 26.0 Å². The Morgan fingerprint density at radius 3 is 2.76 bits per heavy atom. The number of carbonyl (C=O) groups excluding carboxylic acids is 2. The van der Waals surface area contributed by atoms with Crippen molar-refractivity contribution in [1.29, 1.82) is 0 Å². The summed E-state index contributed by atoms with van der Waals surface area (Å²) in [7, 11) is 0. The molecule has 1 aliphatic rings. The summed E-state index contributed by atoms with van der Waals surface area (Å²) in [6, 6.07) is 4.33. The number of ether oxygens (including phenoxy) is 1. The molecule has 0 aromatic heterocycles. The third-order valence-corrected chi connectivity index (χ3v) is 4.21. The van der Waals surface area contributed by atoms with Gasteiger partial charge in [-0.3, -0.25) is 9.59 Å². The van der Waals surface area contributed by atoms with Crippen molar-refractivity contribution in [2.24, 2.45) is 5.92 Å². The van der Waals surface area contributed by atoms with Gasteiger partial charge < -0.3 is 15.0 Å². The first-order valence-corrected chi connectivity index (χ1v) is 8.57. The molecule has 1 aliphatic carbocycles. The largest absolute Gasteiger partial charge is 0.490 e. The summed E-state index contributed by atoms with van der Waals surface area (Å²) in [6.45, 7) is 7.87. The Labute approximate surface area is 147 Å². The van der Waals surface area contributed by atoms with Gasteiger partial charge in [0.05, 0.1) is 19.2 Å². The Kier molecular flexibility index (Phi) is 6.56. The lowest BCUT2D eigenvalue weighted by Crippen LogP contribution is -2.40. The highest BCUT2D eigenvalue weighted by Crippen LogP contribution is 2.30. The van der Waals surface area contributed by atoms with Gasteiger partial charge in [-0.2, -0.15) is 0 Å². The molecule has 1 N–H and O–H groups in total. The van der Waals surface area contributed by atoms with E-state index in [0.29, 0.717) is 24.6 Å². The smallest absolute Gasteiger partial charge is 0.246 e. The second-order valence-electron chi connectivity index (χ2n) is 6.29. The molecule has 1 aromatic carbocycles. The molecule has 0 bridgehead atoms. The summed E-state index contributed by atoms with van der Waals surface area (Å²) in [5.74, 6) is -0.246. The Morgan fingerprint density at radius 2 is 2.20 bits per heavy atom. The first-order valence-electron chi connectivity index (χ1n) is 8.57. The summed E-state index contributed by atoms with van der Waals surface area (Å²) in [6.07, 6.45) is 3.47. The average Bonchev–Trinajstić information content (AvgIpc) is 3.42. The van der Waals surface area contributed by atoms with Crippen LogP contribution < -0.4 is 10.1 Å². The molecule has 5 nitrogen and oxygen atoms in total. The molecule has 0 aliphatic heterocycles. The molecule has 0 heterocycles. The Bertz CT molecular complexity index is 644. The topological polar surface area (TPSA) is 58.6 Å². The Morgan fingerprint density at radius 1 is 1.48 bits per heavy atom. The van der Waals surface area contributed by atoms with Crippen molar-refractivity contribution in [2.75, 3.05) is 19.7 Å². The average molecular weight is 348 g/mol. The highest BCUT2D eigenvalue weighted by Gasteiger charge is 2.23. The van der Waals surface area contributed by atoms with Crippen LogP contribution in [0.2, 0.25) is 0 Å². The number of rotatable bonds is 9. The van der Waals surface area contributed by atoms with Gasteiger partial charge in [-0.1, -0.05) is 12.6 Å². The second kappa shape index (κ2) is 8.65. The van der Waals surface area contributed by atoms with Crippen LogP contribution in [-0.2, 0) is 9.59 Å². The number of likely N-dealkylation sites (N-methyl/N-ethyl adjacent to an activating group) is 1. The quantitative estimate of drug-likeness (QED) is 0.698. The van der Waals surface area contributed by atoms with E-state index in [2.05, 4.69) is 11.9 Å². The van der Waals surface area contributed by atoms with Gasteiger partial charge in [-0.25, -0.2) is 4.39 Å². The van der Waals surface area contributed by atoms with E-state index in [9.17, 15) is 14.0 Å². The van der Waals surface area contributed by atoms with E-state index in [1.807, 2.05) is 0 Å². The highest BCUT2D eigenvalue weighted by molar-refractivity contribution is 5.90. The predicted molar refractivity (Wildman–Crippen MR) is 93.6 cm³/mol. The van der Waals surface area contributed by atoms with E-state index in [4.69, 9.17) is 4.74 Å². The molecule has 1 fully saturated rings. The number of amides is 2. The van der Waals surface area contributed by atoms with Crippen LogP contribution in [0.25, 0.3) is 0 Å². The van der Waals surface area contributed by atoms with Crippen LogP contribution in [0.15, 0.2) is 30.9 Å². The van der Waals surface area contributed by atoms with Gasteiger partial charge in [-0.05, 0) is 56.4 Å². The number of nitrogens with zero attached hydrogens (tertiary/aromatic N) is 1. The standard InChI is InChI=1S/C19H25FN2O3/c1-4-19(24)22(5-2)11-18(23)21-13(3)15-8-9-17(16(20)10-15)25-12-14-6-7-14/h4,8-10,13-14H,1,5-7,11-12H2,2-3H3,(H,21,23). The number of carbonyl (C=O) groups is 2. The molecule has 1 saturated carbocycles. The van der Waals surface area contributed by atoms with E-state index in [1.165, 1.54) is 17.0 Å². The van der Waals surface area contributed by atoms with E-state index >= 15 is 0 Å². The first kappa shape index (κ1) is 19.0. The molecule has 25 heavy (non-hydrogen) atoms. The summed E-state index contributed by atoms with van der Waals surface area (Å²) in [4.78, 5) is 25.1. The van der Waals surface area contributed by atoms with Crippen molar-refractivity contribution in [3.8, 4) is 5.75 Å². The molecule has 2 amide bonds.